The number of hydrogen-bond donors (Lipinski definition) is 3. The fraction of sp³-hybridized carbons (Fsp3) is 0.400. The number of carbonyl (C=O) groups is 2. The van der Waals surface area contributed by atoms with Gasteiger partial charge < -0.3 is 34.8 Å². The van der Waals surface area contributed by atoms with Crippen molar-refractivity contribution >= 4 is 39.7 Å². The van der Waals surface area contributed by atoms with Gasteiger partial charge in [0.05, 0.1) is 31.0 Å². The molecular formula is C30H31F2N5O6. The number of alkyl carbamates (subject to hydrolysis) is 1. The Morgan fingerprint density at radius 1 is 1.16 bits per heavy atom. The molecule has 4 aromatic rings. The molecule has 2 fully saturated rings. The second-order valence-corrected chi connectivity index (χ2v) is 12.1. The van der Waals surface area contributed by atoms with Crippen molar-refractivity contribution in [3.05, 3.63) is 57.7 Å². The molecule has 43 heavy (non-hydrogen) atoms. The van der Waals surface area contributed by atoms with Gasteiger partial charge in [0.25, 0.3) is 11.5 Å². The zero-order valence-corrected chi connectivity index (χ0v) is 24.1. The maximum Gasteiger partial charge on any atom is 0.408 e. The Labute approximate surface area is 244 Å². The molecule has 4 N–H and O–H groups in total. The average Bonchev–Trinajstić information content (AvgIpc) is 3.64. The van der Waals surface area contributed by atoms with E-state index < -0.39 is 34.8 Å². The molecule has 0 unspecified atom stereocenters. The Balaban J connectivity index is 1.35. The summed E-state index contributed by atoms with van der Waals surface area (Å²) in [7, 11) is 0. The predicted octanol–water partition coefficient (Wildman–Crippen LogP) is 4.22. The summed E-state index contributed by atoms with van der Waals surface area (Å²) in [6.07, 6.45) is 0.811. The Morgan fingerprint density at radius 2 is 1.88 bits per heavy atom. The number of pyridine rings is 1. The number of ether oxygens (including phenoxy) is 2. The standard InChI is InChI=1S/C30H31F2N5O6/c1-14-16(18-9-20(32)21(33)10-19(18)31)7-8-17-24(14)37(15-5-6-15)26(38)23-25(17)42-22(35-23)11-34-27(39)30(12-41-13-30)36-28(40)43-29(2,3)4/h7-10,15H,5-6,11-13,33H2,1-4H3,(H,34,39)(H,36,40). The Kier molecular flexibility index (Phi) is 6.68. The van der Waals surface area contributed by atoms with Crippen molar-refractivity contribution in [1.29, 1.82) is 0 Å². The lowest BCUT2D eigenvalue weighted by Gasteiger charge is -2.40. The zero-order valence-electron chi connectivity index (χ0n) is 24.1. The summed E-state index contributed by atoms with van der Waals surface area (Å²) in [5.41, 5.74) is 4.64. The van der Waals surface area contributed by atoms with E-state index in [1.54, 1.807) is 44.4 Å². The summed E-state index contributed by atoms with van der Waals surface area (Å²) in [6.45, 7) is 6.63. The number of halogens is 2. The number of hydrogen-bond acceptors (Lipinski definition) is 8. The lowest BCUT2D eigenvalue weighted by atomic mass is 9.96. The van der Waals surface area contributed by atoms with E-state index in [4.69, 9.17) is 19.6 Å². The maximum absolute atomic E-state index is 14.9. The van der Waals surface area contributed by atoms with Crippen molar-refractivity contribution in [2.75, 3.05) is 18.9 Å². The predicted molar refractivity (Wildman–Crippen MR) is 153 cm³/mol. The highest BCUT2D eigenvalue weighted by atomic mass is 19.1. The fourth-order valence-corrected chi connectivity index (χ4v) is 5.31. The number of carbonyl (C=O) groups excluding carboxylic acids is 2. The summed E-state index contributed by atoms with van der Waals surface area (Å²) in [5, 5.41) is 5.86. The molecule has 1 aliphatic heterocycles. The first-order valence-corrected chi connectivity index (χ1v) is 13.9. The van der Waals surface area contributed by atoms with Gasteiger partial charge in [0.2, 0.25) is 5.89 Å². The van der Waals surface area contributed by atoms with Crippen LogP contribution in [0.15, 0.2) is 33.5 Å². The van der Waals surface area contributed by atoms with Crippen LogP contribution < -0.4 is 21.9 Å². The summed E-state index contributed by atoms with van der Waals surface area (Å²) >= 11 is 0. The number of nitrogens with zero attached hydrogens (tertiary/aromatic N) is 2. The molecule has 1 saturated carbocycles. The van der Waals surface area contributed by atoms with Crippen molar-refractivity contribution in [3.63, 3.8) is 0 Å². The molecule has 0 bridgehead atoms. The van der Waals surface area contributed by atoms with E-state index in [2.05, 4.69) is 15.6 Å². The molecule has 0 radical (unpaired) electrons. The number of oxazole rings is 1. The van der Waals surface area contributed by atoms with Gasteiger partial charge in [-0.3, -0.25) is 9.59 Å². The monoisotopic (exact) mass is 595 g/mol. The molecular weight excluding hydrogens is 564 g/mol. The topological polar surface area (TPSA) is 151 Å². The minimum Gasteiger partial charge on any atom is -0.444 e. The van der Waals surface area contributed by atoms with E-state index in [-0.39, 0.29) is 59.6 Å². The second-order valence-electron chi connectivity index (χ2n) is 12.1. The molecule has 0 spiro atoms. The number of anilines is 1. The quantitative estimate of drug-likeness (QED) is 0.280. The van der Waals surface area contributed by atoms with Gasteiger partial charge in [-0.2, -0.15) is 0 Å². The minimum absolute atomic E-state index is 0.0239. The van der Waals surface area contributed by atoms with Crippen molar-refractivity contribution in [1.82, 2.24) is 20.2 Å². The first-order valence-electron chi connectivity index (χ1n) is 13.9. The third kappa shape index (κ3) is 5.07. The molecule has 0 atom stereocenters. The van der Waals surface area contributed by atoms with Gasteiger partial charge in [-0.1, -0.05) is 6.07 Å². The Morgan fingerprint density at radius 3 is 2.51 bits per heavy atom. The van der Waals surface area contributed by atoms with Crippen LogP contribution in [0.3, 0.4) is 0 Å². The van der Waals surface area contributed by atoms with Crippen LogP contribution >= 0.6 is 0 Å². The second kappa shape index (κ2) is 10.0. The number of benzene rings is 2. The molecule has 1 saturated heterocycles. The van der Waals surface area contributed by atoms with Gasteiger partial charge in [0.1, 0.15) is 17.2 Å². The van der Waals surface area contributed by atoms with Crippen LogP contribution in [0.2, 0.25) is 0 Å². The van der Waals surface area contributed by atoms with Crippen molar-refractivity contribution in [2.45, 2.75) is 64.3 Å². The lowest BCUT2D eigenvalue weighted by molar-refractivity contribution is -0.148. The molecule has 6 rings (SSSR count). The maximum atomic E-state index is 14.9. The van der Waals surface area contributed by atoms with Crippen molar-refractivity contribution in [2.24, 2.45) is 0 Å². The van der Waals surface area contributed by atoms with Crippen LogP contribution in [0.5, 0.6) is 0 Å². The van der Waals surface area contributed by atoms with Gasteiger partial charge in [-0.05, 0) is 63.8 Å². The first kappa shape index (κ1) is 28.6. The molecule has 2 amide bonds. The lowest BCUT2D eigenvalue weighted by Crippen LogP contribution is -2.70. The number of nitrogens with one attached hydrogen (secondary N) is 2. The minimum atomic E-state index is -1.32. The van der Waals surface area contributed by atoms with Gasteiger partial charge in [-0.25, -0.2) is 18.6 Å². The van der Waals surface area contributed by atoms with E-state index in [9.17, 15) is 23.2 Å². The van der Waals surface area contributed by atoms with Gasteiger partial charge >= 0.3 is 6.09 Å². The van der Waals surface area contributed by atoms with Crippen LogP contribution in [0, 0.1) is 18.6 Å². The average molecular weight is 596 g/mol. The first-order chi connectivity index (χ1) is 20.3. The molecule has 13 heteroatoms. The molecule has 3 heterocycles. The van der Waals surface area contributed by atoms with E-state index in [1.165, 1.54) is 0 Å². The Hall–Kier alpha value is -4.52. The molecule has 226 valence electrons. The summed E-state index contributed by atoms with van der Waals surface area (Å²) in [5.74, 6) is -1.87. The molecule has 2 aliphatic rings. The molecule has 11 nitrogen and oxygen atoms in total. The van der Waals surface area contributed by atoms with Gasteiger partial charge in [-0.15, -0.1) is 0 Å². The summed E-state index contributed by atoms with van der Waals surface area (Å²) in [6, 6.07) is 5.23. The SMILES string of the molecule is Cc1c(-c2cc(F)c(N)cc2F)ccc2c3oc(CNC(=O)C4(NC(=O)OC(C)(C)C)COC4)nc3c(=O)n(C3CC3)c12. The number of aryl methyl sites for hydroxylation is 1. The number of amides is 2. The largest absolute Gasteiger partial charge is 0.444 e. The number of nitrogen functional groups attached to an aromatic ring is 1. The zero-order chi connectivity index (χ0) is 30.8. The van der Waals surface area contributed by atoms with Crippen LogP contribution in [0.4, 0.5) is 19.3 Å². The van der Waals surface area contributed by atoms with E-state index in [1.807, 2.05) is 0 Å². The normalized spacial score (nSPS) is 16.2. The highest BCUT2D eigenvalue weighted by molar-refractivity contribution is 6.04. The molecule has 1 aliphatic carbocycles. The van der Waals surface area contributed by atoms with E-state index >= 15 is 0 Å². The smallest absolute Gasteiger partial charge is 0.408 e. The van der Waals surface area contributed by atoms with E-state index in [0.717, 1.165) is 25.0 Å². The highest BCUT2D eigenvalue weighted by Crippen LogP contribution is 2.41. The van der Waals surface area contributed by atoms with Crippen LogP contribution in [-0.2, 0) is 20.8 Å². The number of fused-ring (bicyclic) bond motifs is 3. The van der Waals surface area contributed by atoms with Gasteiger partial charge in [0.15, 0.2) is 16.6 Å². The van der Waals surface area contributed by atoms with Crippen LogP contribution in [0.25, 0.3) is 33.1 Å². The number of nitrogens with two attached hydrogens (primary N) is 1. The third-order valence-corrected chi connectivity index (χ3v) is 7.57. The fourth-order valence-electron chi connectivity index (χ4n) is 5.31. The van der Waals surface area contributed by atoms with Crippen molar-refractivity contribution < 1.29 is 32.3 Å². The summed E-state index contributed by atoms with van der Waals surface area (Å²) < 4.78 is 47.3. The molecule has 2 aromatic heterocycles. The van der Waals surface area contributed by atoms with Crippen molar-refractivity contribution in [3.8, 4) is 11.1 Å². The Bertz CT molecular complexity index is 1870. The van der Waals surface area contributed by atoms with Crippen LogP contribution in [0.1, 0.15) is 51.1 Å². The highest BCUT2D eigenvalue weighted by Gasteiger charge is 2.48. The molecule has 2 aromatic carbocycles. The summed E-state index contributed by atoms with van der Waals surface area (Å²) in [4.78, 5) is 43.5. The van der Waals surface area contributed by atoms with Crippen LogP contribution in [-0.4, -0.2) is 45.9 Å². The third-order valence-electron chi connectivity index (χ3n) is 7.57. The van der Waals surface area contributed by atoms with E-state index in [0.29, 0.717) is 22.0 Å². The van der Waals surface area contributed by atoms with Gasteiger partial charge in [0, 0.05) is 23.1 Å². The number of aromatic nitrogens is 2. The number of rotatable bonds is 6.